The summed E-state index contributed by atoms with van der Waals surface area (Å²) in [6.45, 7) is 4.23. The van der Waals surface area contributed by atoms with Gasteiger partial charge in [-0.25, -0.2) is 0 Å². The lowest BCUT2D eigenvalue weighted by molar-refractivity contribution is 0.455. The first-order valence-corrected chi connectivity index (χ1v) is 9.41. The summed E-state index contributed by atoms with van der Waals surface area (Å²) in [5.74, 6) is -0.536. The van der Waals surface area contributed by atoms with Crippen molar-refractivity contribution in [3.8, 4) is 11.8 Å². The molecule has 0 radical (unpaired) electrons. The van der Waals surface area contributed by atoms with Crippen molar-refractivity contribution in [2.75, 3.05) is 0 Å². The Morgan fingerprint density at radius 3 is 2.48 bits per heavy atom. The Balaban J connectivity index is 1.98. The molecule has 2 unspecified atom stereocenters. The minimum atomic E-state index is -0.739. The van der Waals surface area contributed by atoms with Gasteiger partial charge in [-0.15, -0.1) is 0 Å². The fourth-order valence-corrected chi connectivity index (χ4v) is 4.34. The van der Waals surface area contributed by atoms with Crippen LogP contribution in [0.2, 0.25) is 10.0 Å². The van der Waals surface area contributed by atoms with Crippen LogP contribution < -0.4 is 4.74 Å². The van der Waals surface area contributed by atoms with Gasteiger partial charge in [-0.1, -0.05) is 29.3 Å². The van der Waals surface area contributed by atoms with Crippen LogP contribution in [0.5, 0.6) is 5.75 Å². The molecular weight excluding hydrogens is 381 g/mol. The Bertz CT molecular complexity index is 1090. The summed E-state index contributed by atoms with van der Waals surface area (Å²) in [5.41, 5.74) is 2.70. The summed E-state index contributed by atoms with van der Waals surface area (Å²) in [4.78, 5) is 0. The molecule has 0 spiro atoms. The van der Waals surface area contributed by atoms with Gasteiger partial charge in [0.05, 0.1) is 11.6 Å². The molecule has 1 aromatic heterocycles. The number of halogens is 2. The van der Waals surface area contributed by atoms with Gasteiger partial charge < -0.3 is 9.30 Å². The van der Waals surface area contributed by atoms with E-state index >= 15 is 0 Å². The zero-order valence-corrected chi connectivity index (χ0v) is 16.3. The van der Waals surface area contributed by atoms with Crippen molar-refractivity contribution in [1.82, 2.24) is 4.57 Å². The Hall–Kier alpha value is -2.48. The largest absolute Gasteiger partial charge is 0.441 e. The van der Waals surface area contributed by atoms with Crippen LogP contribution in [0.4, 0.5) is 0 Å². The predicted molar refractivity (Wildman–Crippen MR) is 108 cm³/mol. The number of benzene rings is 2. The normalized spacial score (nSPS) is 19.0. The maximum absolute atomic E-state index is 9.71. The molecule has 0 saturated heterocycles. The number of ether oxygens (including phenoxy) is 1. The number of aromatic nitrogens is 1. The number of nitrogens with zero attached hydrogens (tertiary/aromatic N) is 2. The first-order valence-electron chi connectivity index (χ1n) is 8.66. The molecule has 0 saturated carbocycles. The molecule has 1 aliphatic rings. The molecule has 2 heterocycles. The molecule has 0 fully saturated rings. The number of nitriles is 1. The van der Waals surface area contributed by atoms with E-state index in [1.54, 1.807) is 18.2 Å². The lowest BCUT2D eigenvalue weighted by Gasteiger charge is -2.31. The maximum atomic E-state index is 9.71. The van der Waals surface area contributed by atoms with E-state index in [1.807, 2.05) is 24.4 Å². The van der Waals surface area contributed by atoms with E-state index in [1.165, 1.54) is 0 Å². The van der Waals surface area contributed by atoms with E-state index in [4.69, 9.17) is 33.3 Å². The fraction of sp³-hybridized carbons (Fsp3) is 0.238. The van der Waals surface area contributed by atoms with Crippen LogP contribution in [0.15, 0.2) is 42.6 Å². The van der Waals surface area contributed by atoms with Gasteiger partial charge in [0.1, 0.15) is 11.7 Å². The van der Waals surface area contributed by atoms with Crippen LogP contribution >= 0.6 is 23.2 Å². The van der Waals surface area contributed by atoms with Crippen molar-refractivity contribution >= 4 is 40.0 Å². The fourth-order valence-electron chi connectivity index (χ4n) is 3.80. The summed E-state index contributed by atoms with van der Waals surface area (Å²) in [5, 5.41) is 20.0. The minimum absolute atomic E-state index is 0.0594. The van der Waals surface area contributed by atoms with Crippen molar-refractivity contribution in [2.24, 2.45) is 5.92 Å². The maximum Gasteiger partial charge on any atom is 0.205 e. The van der Waals surface area contributed by atoms with Crippen molar-refractivity contribution < 1.29 is 4.74 Å². The third-order valence-electron chi connectivity index (χ3n) is 4.99. The lowest BCUT2D eigenvalue weighted by atomic mass is 9.78. The molecule has 0 aliphatic carbocycles. The molecule has 1 N–H and O–H groups in total. The van der Waals surface area contributed by atoms with Gasteiger partial charge in [-0.3, -0.25) is 5.41 Å². The SMILES string of the molecule is CC(C)n1ccc2c3c(ccc21)C(c1cc(Cl)cc(Cl)c1)C(C#N)C(=N)O3. The molecule has 2 aromatic carbocycles. The van der Waals surface area contributed by atoms with Gasteiger partial charge in [0, 0.05) is 39.2 Å². The van der Waals surface area contributed by atoms with Crippen LogP contribution in [-0.2, 0) is 0 Å². The second-order valence-corrected chi connectivity index (χ2v) is 7.86. The quantitative estimate of drug-likeness (QED) is 0.561. The molecule has 1 aliphatic heterocycles. The van der Waals surface area contributed by atoms with Gasteiger partial charge in [0.15, 0.2) is 0 Å². The van der Waals surface area contributed by atoms with E-state index in [0.717, 1.165) is 22.0 Å². The molecule has 136 valence electrons. The van der Waals surface area contributed by atoms with E-state index in [9.17, 15) is 5.26 Å². The Morgan fingerprint density at radius 1 is 1.15 bits per heavy atom. The second kappa shape index (κ2) is 6.60. The van der Waals surface area contributed by atoms with Gasteiger partial charge in [0.25, 0.3) is 0 Å². The van der Waals surface area contributed by atoms with Gasteiger partial charge in [-0.05, 0) is 49.7 Å². The molecule has 4 nitrogen and oxygen atoms in total. The zero-order chi connectivity index (χ0) is 19.3. The Kier molecular flexibility index (Phi) is 4.38. The third-order valence-corrected chi connectivity index (χ3v) is 5.42. The summed E-state index contributed by atoms with van der Waals surface area (Å²) in [6, 6.07) is 13.8. The first kappa shape index (κ1) is 17.9. The van der Waals surface area contributed by atoms with E-state index < -0.39 is 5.92 Å². The average molecular weight is 398 g/mol. The minimum Gasteiger partial charge on any atom is -0.441 e. The molecule has 27 heavy (non-hydrogen) atoms. The number of hydrogen-bond donors (Lipinski definition) is 1. The highest BCUT2D eigenvalue weighted by Crippen LogP contribution is 2.46. The number of hydrogen-bond acceptors (Lipinski definition) is 3. The third kappa shape index (κ3) is 2.88. The van der Waals surface area contributed by atoms with Crippen molar-refractivity contribution in [1.29, 1.82) is 10.7 Å². The topological polar surface area (TPSA) is 61.8 Å². The smallest absolute Gasteiger partial charge is 0.205 e. The monoisotopic (exact) mass is 397 g/mol. The molecule has 0 bridgehead atoms. The number of rotatable bonds is 2. The molecule has 6 heteroatoms. The highest BCUT2D eigenvalue weighted by atomic mass is 35.5. The molecular formula is C21H17Cl2N3O. The number of nitrogens with one attached hydrogen (secondary N) is 1. The summed E-state index contributed by atoms with van der Waals surface area (Å²) >= 11 is 12.4. The van der Waals surface area contributed by atoms with Crippen molar-refractivity contribution in [2.45, 2.75) is 25.8 Å². The van der Waals surface area contributed by atoms with Gasteiger partial charge in [0.2, 0.25) is 5.90 Å². The van der Waals surface area contributed by atoms with Crippen LogP contribution in [-0.4, -0.2) is 10.5 Å². The average Bonchev–Trinajstić information content (AvgIpc) is 3.04. The van der Waals surface area contributed by atoms with Crippen molar-refractivity contribution in [3.63, 3.8) is 0 Å². The predicted octanol–water partition coefficient (Wildman–Crippen LogP) is 6.17. The standard InChI is InChI=1S/C21H17Cl2N3O/c1-11(2)26-6-5-15-18(26)4-3-16-19(12-7-13(22)9-14(23)8-12)17(10-24)21(25)27-20(15)16/h3-9,11,17,19,25H,1-2H3. The van der Waals surface area contributed by atoms with E-state index in [-0.39, 0.29) is 11.8 Å². The number of fused-ring (bicyclic) bond motifs is 3. The summed E-state index contributed by atoms with van der Waals surface area (Å²) < 4.78 is 7.99. The van der Waals surface area contributed by atoms with Crippen LogP contribution in [0.3, 0.4) is 0 Å². The lowest BCUT2D eigenvalue weighted by Crippen LogP contribution is -2.31. The van der Waals surface area contributed by atoms with Crippen LogP contribution in [0, 0.1) is 22.7 Å². The second-order valence-electron chi connectivity index (χ2n) is 6.99. The van der Waals surface area contributed by atoms with Crippen LogP contribution in [0.1, 0.15) is 36.9 Å². The van der Waals surface area contributed by atoms with E-state index in [2.05, 4.69) is 24.5 Å². The highest BCUT2D eigenvalue weighted by molar-refractivity contribution is 6.34. The first-order chi connectivity index (χ1) is 12.9. The molecule has 4 rings (SSSR count). The molecule has 3 aromatic rings. The summed E-state index contributed by atoms with van der Waals surface area (Å²) in [7, 11) is 0. The van der Waals surface area contributed by atoms with Crippen molar-refractivity contribution in [3.05, 3.63) is 63.8 Å². The molecule has 0 amide bonds. The van der Waals surface area contributed by atoms with Gasteiger partial charge in [-0.2, -0.15) is 5.26 Å². The van der Waals surface area contributed by atoms with E-state index in [0.29, 0.717) is 21.8 Å². The zero-order valence-electron chi connectivity index (χ0n) is 14.8. The van der Waals surface area contributed by atoms with Gasteiger partial charge >= 0.3 is 0 Å². The Morgan fingerprint density at radius 2 is 1.85 bits per heavy atom. The highest BCUT2D eigenvalue weighted by Gasteiger charge is 2.38. The summed E-state index contributed by atoms with van der Waals surface area (Å²) in [6.07, 6.45) is 2.02. The van der Waals surface area contributed by atoms with Crippen LogP contribution in [0.25, 0.3) is 10.9 Å². The molecule has 2 atom stereocenters. The Labute approximate surface area is 167 Å².